The maximum absolute atomic E-state index is 12.7. The smallest absolute Gasteiger partial charge is 0.258 e. The second-order valence-corrected chi connectivity index (χ2v) is 5.16. The Morgan fingerprint density at radius 3 is 2.30 bits per heavy atom. The Hall–Kier alpha value is -2.13. The third-order valence-electron chi connectivity index (χ3n) is 4.16. The fourth-order valence-corrected chi connectivity index (χ4v) is 2.91. The molecule has 20 heavy (non-hydrogen) atoms. The van der Waals surface area contributed by atoms with E-state index in [2.05, 4.69) is 0 Å². The van der Waals surface area contributed by atoms with E-state index in [1.54, 1.807) is 19.1 Å². The highest BCUT2D eigenvalue weighted by molar-refractivity contribution is 6.08. The average molecular weight is 267 g/mol. The molecule has 0 radical (unpaired) electrons. The molecule has 1 heterocycles. The number of rotatable bonds is 1. The zero-order chi connectivity index (χ0) is 14.3. The van der Waals surface area contributed by atoms with Crippen LogP contribution in [0.5, 0.6) is 0 Å². The molecule has 0 saturated carbocycles. The van der Waals surface area contributed by atoms with Gasteiger partial charge in [-0.1, -0.05) is 36.4 Å². The number of carbonyl (C=O) groups is 1. The Labute approximate surface area is 118 Å². The van der Waals surface area contributed by atoms with E-state index < -0.39 is 5.60 Å². The molecule has 1 amide bonds. The van der Waals surface area contributed by atoms with Crippen LogP contribution in [-0.4, -0.2) is 20.1 Å². The van der Waals surface area contributed by atoms with Crippen LogP contribution in [0.4, 0.5) is 5.69 Å². The van der Waals surface area contributed by atoms with Crippen LogP contribution in [0.1, 0.15) is 28.4 Å². The van der Waals surface area contributed by atoms with Gasteiger partial charge in [0.1, 0.15) is 5.60 Å². The fraction of sp³-hybridized carbons (Fsp3) is 0.235. The molecule has 0 aliphatic carbocycles. The topological polar surface area (TPSA) is 29.5 Å². The maximum atomic E-state index is 12.7. The van der Waals surface area contributed by atoms with Crippen LogP contribution in [-0.2, 0) is 10.3 Å². The van der Waals surface area contributed by atoms with Crippen molar-refractivity contribution in [1.29, 1.82) is 0 Å². The van der Waals surface area contributed by atoms with E-state index in [4.69, 9.17) is 4.74 Å². The van der Waals surface area contributed by atoms with E-state index in [1.807, 2.05) is 55.5 Å². The average Bonchev–Trinajstić information content (AvgIpc) is 2.58. The SMILES string of the molecule is COC1(C)c2ccccc2C(=O)N(C)c2ccccc21. The first-order valence-electron chi connectivity index (χ1n) is 6.62. The van der Waals surface area contributed by atoms with E-state index >= 15 is 0 Å². The van der Waals surface area contributed by atoms with Gasteiger partial charge in [-0.25, -0.2) is 0 Å². The van der Waals surface area contributed by atoms with E-state index in [1.165, 1.54) is 0 Å². The molecule has 3 heteroatoms. The van der Waals surface area contributed by atoms with Crippen LogP contribution in [0.2, 0.25) is 0 Å². The van der Waals surface area contributed by atoms with E-state index in [0.29, 0.717) is 5.56 Å². The Morgan fingerprint density at radius 1 is 1.00 bits per heavy atom. The number of nitrogens with zero attached hydrogens (tertiary/aromatic N) is 1. The van der Waals surface area contributed by atoms with E-state index in [-0.39, 0.29) is 5.91 Å². The molecular weight excluding hydrogens is 250 g/mol. The molecule has 102 valence electrons. The van der Waals surface area contributed by atoms with Crippen LogP contribution in [0.15, 0.2) is 48.5 Å². The summed E-state index contributed by atoms with van der Waals surface area (Å²) in [6.45, 7) is 2.01. The second kappa shape index (κ2) is 4.46. The molecule has 3 nitrogen and oxygen atoms in total. The number of benzene rings is 2. The van der Waals surface area contributed by atoms with Gasteiger partial charge in [0.2, 0.25) is 0 Å². The molecule has 3 rings (SSSR count). The Morgan fingerprint density at radius 2 is 1.60 bits per heavy atom. The summed E-state index contributed by atoms with van der Waals surface area (Å²) in [5.41, 5.74) is 2.86. The summed E-state index contributed by atoms with van der Waals surface area (Å²) in [4.78, 5) is 14.4. The monoisotopic (exact) mass is 267 g/mol. The molecule has 0 aromatic heterocycles. The predicted octanol–water partition coefficient (Wildman–Crippen LogP) is 3.19. The summed E-state index contributed by atoms with van der Waals surface area (Å²) >= 11 is 0. The van der Waals surface area contributed by atoms with E-state index in [9.17, 15) is 4.79 Å². The Kier molecular flexibility index (Phi) is 2.87. The van der Waals surface area contributed by atoms with Crippen molar-refractivity contribution in [3.05, 3.63) is 65.2 Å². The van der Waals surface area contributed by atoms with Gasteiger partial charge in [-0.05, 0) is 19.1 Å². The van der Waals surface area contributed by atoms with E-state index in [0.717, 1.165) is 16.8 Å². The first kappa shape index (κ1) is 12.9. The minimum Gasteiger partial charge on any atom is -0.369 e. The van der Waals surface area contributed by atoms with Gasteiger partial charge in [-0.15, -0.1) is 0 Å². The van der Waals surface area contributed by atoms with Gasteiger partial charge >= 0.3 is 0 Å². The first-order valence-corrected chi connectivity index (χ1v) is 6.62. The van der Waals surface area contributed by atoms with Crippen molar-refractivity contribution in [3.63, 3.8) is 0 Å². The molecule has 0 bridgehead atoms. The summed E-state index contributed by atoms with van der Waals surface area (Å²) < 4.78 is 5.83. The molecule has 0 saturated heterocycles. The lowest BCUT2D eigenvalue weighted by atomic mass is 9.85. The van der Waals surface area contributed by atoms with Crippen molar-refractivity contribution >= 4 is 11.6 Å². The third-order valence-corrected chi connectivity index (χ3v) is 4.16. The summed E-state index contributed by atoms with van der Waals surface area (Å²) in [6.07, 6.45) is 0. The predicted molar refractivity (Wildman–Crippen MR) is 79.1 cm³/mol. The first-order chi connectivity index (χ1) is 9.59. The van der Waals surface area contributed by atoms with Crippen LogP contribution in [0.25, 0.3) is 0 Å². The van der Waals surface area contributed by atoms with Crippen LogP contribution in [0, 0.1) is 0 Å². The molecule has 2 aromatic rings. The number of amides is 1. The number of carbonyl (C=O) groups excluding carboxylic acids is 1. The summed E-state index contributed by atoms with van der Waals surface area (Å²) in [5.74, 6) is -0.00572. The van der Waals surface area contributed by atoms with Crippen LogP contribution < -0.4 is 4.90 Å². The number of methoxy groups -OCH3 is 1. The zero-order valence-corrected chi connectivity index (χ0v) is 11.9. The highest BCUT2D eigenvalue weighted by Gasteiger charge is 2.39. The van der Waals surface area contributed by atoms with Crippen molar-refractivity contribution in [3.8, 4) is 0 Å². The van der Waals surface area contributed by atoms with Gasteiger partial charge in [-0.2, -0.15) is 0 Å². The normalized spacial score (nSPS) is 21.1. The van der Waals surface area contributed by atoms with Crippen molar-refractivity contribution in [2.24, 2.45) is 0 Å². The lowest BCUT2D eigenvalue weighted by Crippen LogP contribution is -2.26. The van der Waals surface area contributed by atoms with Gasteiger partial charge in [0.05, 0.1) is 5.69 Å². The number of anilines is 1. The Bertz CT molecular complexity index is 680. The van der Waals surface area contributed by atoms with Crippen LogP contribution >= 0.6 is 0 Å². The molecular formula is C17H17NO2. The molecule has 1 aliphatic heterocycles. The third kappa shape index (κ3) is 1.60. The van der Waals surface area contributed by atoms with Crippen molar-refractivity contribution in [2.75, 3.05) is 19.1 Å². The zero-order valence-electron chi connectivity index (χ0n) is 11.9. The number of fused-ring (bicyclic) bond motifs is 2. The lowest BCUT2D eigenvalue weighted by molar-refractivity contribution is 0.0394. The largest absolute Gasteiger partial charge is 0.369 e. The molecule has 1 atom stereocenters. The molecule has 0 N–H and O–H groups in total. The number of ether oxygens (including phenoxy) is 1. The van der Waals surface area contributed by atoms with Gasteiger partial charge < -0.3 is 9.64 Å². The summed E-state index contributed by atoms with van der Waals surface area (Å²) in [5, 5.41) is 0. The minimum absolute atomic E-state index is 0.00572. The van der Waals surface area contributed by atoms with Crippen LogP contribution in [0.3, 0.4) is 0 Å². The molecule has 0 fully saturated rings. The molecule has 1 aliphatic rings. The summed E-state index contributed by atoms with van der Waals surface area (Å²) in [7, 11) is 3.49. The van der Waals surface area contributed by atoms with Gasteiger partial charge in [0, 0.05) is 30.8 Å². The molecule has 1 unspecified atom stereocenters. The number of hydrogen-bond donors (Lipinski definition) is 0. The number of para-hydroxylation sites is 1. The van der Waals surface area contributed by atoms with Crippen molar-refractivity contribution in [2.45, 2.75) is 12.5 Å². The lowest BCUT2D eigenvalue weighted by Gasteiger charge is -2.30. The maximum Gasteiger partial charge on any atom is 0.258 e. The van der Waals surface area contributed by atoms with Gasteiger partial charge in [-0.3, -0.25) is 4.79 Å². The Balaban J connectivity index is 2.40. The molecule has 0 spiro atoms. The van der Waals surface area contributed by atoms with Crippen molar-refractivity contribution < 1.29 is 9.53 Å². The second-order valence-electron chi connectivity index (χ2n) is 5.16. The quantitative estimate of drug-likeness (QED) is 0.794. The molecule has 2 aromatic carbocycles. The van der Waals surface area contributed by atoms with Gasteiger partial charge in [0.25, 0.3) is 5.91 Å². The minimum atomic E-state index is -0.631. The number of hydrogen-bond acceptors (Lipinski definition) is 2. The summed E-state index contributed by atoms with van der Waals surface area (Å²) in [6, 6.07) is 15.5. The standard InChI is InChI=1S/C17H17NO2/c1-17(20-3)13-9-5-4-8-12(13)16(19)18(2)15-11-7-6-10-14(15)17/h4-11H,1-3H3. The highest BCUT2D eigenvalue weighted by Crippen LogP contribution is 2.42. The van der Waals surface area contributed by atoms with Crippen molar-refractivity contribution in [1.82, 2.24) is 0 Å². The fourth-order valence-electron chi connectivity index (χ4n) is 2.91. The van der Waals surface area contributed by atoms with Gasteiger partial charge in [0.15, 0.2) is 0 Å². The highest BCUT2D eigenvalue weighted by atomic mass is 16.5.